The van der Waals surface area contributed by atoms with Crippen LogP contribution >= 0.6 is 0 Å². The van der Waals surface area contributed by atoms with E-state index >= 15 is 0 Å². The van der Waals surface area contributed by atoms with Gasteiger partial charge in [0.1, 0.15) is 5.82 Å². The van der Waals surface area contributed by atoms with Crippen LogP contribution in [0.15, 0.2) is 18.3 Å². The molecular weight excluding hydrogens is 224 g/mol. The zero-order valence-electron chi connectivity index (χ0n) is 11.6. The lowest BCUT2D eigenvalue weighted by Gasteiger charge is -2.35. The molecule has 1 heterocycles. The summed E-state index contributed by atoms with van der Waals surface area (Å²) in [5, 5.41) is 9.83. The molecule has 0 saturated heterocycles. The van der Waals surface area contributed by atoms with E-state index in [9.17, 15) is 5.11 Å². The SMILES string of the molecule is CC1CCC(N(C)c2ncccc2[C@@H](C)O)CC1. The average molecular weight is 248 g/mol. The van der Waals surface area contributed by atoms with Crippen molar-refractivity contribution in [3.63, 3.8) is 0 Å². The molecule has 1 atom stereocenters. The Labute approximate surface area is 110 Å². The highest BCUT2D eigenvalue weighted by Gasteiger charge is 2.24. The molecule has 1 N–H and O–H groups in total. The Balaban J connectivity index is 2.15. The van der Waals surface area contributed by atoms with Gasteiger partial charge in [-0.1, -0.05) is 13.0 Å². The van der Waals surface area contributed by atoms with Crippen LogP contribution in [0.2, 0.25) is 0 Å². The van der Waals surface area contributed by atoms with E-state index in [1.54, 1.807) is 6.92 Å². The van der Waals surface area contributed by atoms with Gasteiger partial charge in [0, 0.05) is 24.8 Å². The summed E-state index contributed by atoms with van der Waals surface area (Å²) in [5.74, 6) is 1.79. The Morgan fingerprint density at radius 3 is 2.61 bits per heavy atom. The zero-order chi connectivity index (χ0) is 13.1. The molecule has 100 valence electrons. The highest BCUT2D eigenvalue weighted by Crippen LogP contribution is 2.31. The molecule has 1 aliphatic carbocycles. The molecule has 0 bridgehead atoms. The summed E-state index contributed by atoms with van der Waals surface area (Å²) in [6.07, 6.45) is 6.40. The van der Waals surface area contributed by atoms with E-state index in [4.69, 9.17) is 0 Å². The van der Waals surface area contributed by atoms with Gasteiger partial charge in [0.2, 0.25) is 0 Å². The van der Waals surface area contributed by atoms with E-state index in [1.807, 2.05) is 18.3 Å². The fourth-order valence-corrected chi connectivity index (χ4v) is 2.83. The maximum atomic E-state index is 9.83. The standard InChI is InChI=1S/C15H24N2O/c1-11-6-8-13(9-7-11)17(3)15-14(12(2)18)5-4-10-16-15/h4-5,10-13,18H,6-9H2,1-3H3/t11?,12-,13?/m1/s1. The monoisotopic (exact) mass is 248 g/mol. The van der Waals surface area contributed by atoms with Gasteiger partial charge in [0.25, 0.3) is 0 Å². The number of pyridine rings is 1. The van der Waals surface area contributed by atoms with E-state index in [2.05, 4.69) is 23.9 Å². The molecule has 0 radical (unpaired) electrons. The number of aromatic nitrogens is 1. The lowest BCUT2D eigenvalue weighted by Crippen LogP contribution is -2.36. The van der Waals surface area contributed by atoms with Crippen molar-refractivity contribution in [3.05, 3.63) is 23.9 Å². The lowest BCUT2D eigenvalue weighted by molar-refractivity contribution is 0.199. The second-order valence-corrected chi connectivity index (χ2v) is 5.62. The van der Waals surface area contributed by atoms with Gasteiger partial charge in [-0.15, -0.1) is 0 Å². The predicted octanol–water partition coefficient (Wildman–Crippen LogP) is 3.15. The maximum Gasteiger partial charge on any atom is 0.134 e. The van der Waals surface area contributed by atoms with E-state index in [1.165, 1.54) is 25.7 Å². The summed E-state index contributed by atoms with van der Waals surface area (Å²) in [6, 6.07) is 4.42. The fourth-order valence-electron chi connectivity index (χ4n) is 2.83. The van der Waals surface area contributed by atoms with Crippen molar-refractivity contribution in [1.82, 2.24) is 4.98 Å². The third kappa shape index (κ3) is 2.83. The number of hydrogen-bond acceptors (Lipinski definition) is 3. The van der Waals surface area contributed by atoms with E-state index in [-0.39, 0.29) is 0 Å². The summed E-state index contributed by atoms with van der Waals surface area (Å²) in [6.45, 7) is 4.13. The molecule has 1 aromatic heterocycles. The molecule has 0 amide bonds. The molecule has 18 heavy (non-hydrogen) atoms. The number of rotatable bonds is 3. The summed E-state index contributed by atoms with van der Waals surface area (Å²) in [4.78, 5) is 6.72. The molecule has 0 unspecified atom stereocenters. The minimum Gasteiger partial charge on any atom is -0.389 e. The normalized spacial score (nSPS) is 25.8. The highest BCUT2D eigenvalue weighted by atomic mass is 16.3. The van der Waals surface area contributed by atoms with Crippen LogP contribution in [0.3, 0.4) is 0 Å². The van der Waals surface area contributed by atoms with Gasteiger partial charge in [-0.25, -0.2) is 4.98 Å². The molecule has 1 fully saturated rings. The number of aliphatic hydroxyl groups is 1. The molecule has 0 aliphatic heterocycles. The molecule has 1 aromatic rings. The predicted molar refractivity (Wildman–Crippen MR) is 74.7 cm³/mol. The molecule has 0 spiro atoms. The fraction of sp³-hybridized carbons (Fsp3) is 0.667. The minimum atomic E-state index is -0.460. The number of nitrogens with zero attached hydrogens (tertiary/aromatic N) is 2. The van der Waals surface area contributed by atoms with Crippen LogP contribution in [0, 0.1) is 5.92 Å². The Morgan fingerprint density at radius 2 is 2.00 bits per heavy atom. The maximum absolute atomic E-state index is 9.83. The first-order valence-corrected chi connectivity index (χ1v) is 6.95. The van der Waals surface area contributed by atoms with Crippen molar-refractivity contribution in [1.29, 1.82) is 0 Å². The Morgan fingerprint density at radius 1 is 1.33 bits per heavy atom. The zero-order valence-corrected chi connectivity index (χ0v) is 11.6. The Kier molecular flexibility index (Phi) is 4.23. The largest absolute Gasteiger partial charge is 0.389 e. The van der Waals surface area contributed by atoms with Gasteiger partial charge >= 0.3 is 0 Å². The smallest absolute Gasteiger partial charge is 0.134 e. The lowest BCUT2D eigenvalue weighted by atomic mass is 9.86. The summed E-state index contributed by atoms with van der Waals surface area (Å²) in [5.41, 5.74) is 0.929. The van der Waals surface area contributed by atoms with Crippen molar-refractivity contribution in [2.24, 2.45) is 5.92 Å². The van der Waals surface area contributed by atoms with Crippen LogP contribution in [0.1, 0.15) is 51.2 Å². The molecule has 2 rings (SSSR count). The molecule has 1 saturated carbocycles. The van der Waals surface area contributed by atoms with Crippen molar-refractivity contribution >= 4 is 5.82 Å². The number of aliphatic hydroxyl groups excluding tert-OH is 1. The highest BCUT2D eigenvalue weighted by molar-refractivity contribution is 5.48. The van der Waals surface area contributed by atoms with Crippen LogP contribution in [0.4, 0.5) is 5.82 Å². The van der Waals surface area contributed by atoms with Crippen LogP contribution < -0.4 is 4.90 Å². The van der Waals surface area contributed by atoms with Crippen LogP contribution in [-0.2, 0) is 0 Å². The summed E-state index contributed by atoms with van der Waals surface area (Å²) >= 11 is 0. The molecule has 0 aromatic carbocycles. The van der Waals surface area contributed by atoms with Crippen molar-refractivity contribution in [2.45, 2.75) is 51.7 Å². The quantitative estimate of drug-likeness (QED) is 0.892. The first-order valence-electron chi connectivity index (χ1n) is 6.95. The van der Waals surface area contributed by atoms with E-state index < -0.39 is 6.10 Å². The summed E-state index contributed by atoms with van der Waals surface area (Å²) in [7, 11) is 2.11. The van der Waals surface area contributed by atoms with Crippen LogP contribution in [0.25, 0.3) is 0 Å². The molecule has 1 aliphatic rings. The van der Waals surface area contributed by atoms with Gasteiger partial charge in [-0.3, -0.25) is 0 Å². The third-order valence-corrected chi connectivity index (χ3v) is 4.13. The van der Waals surface area contributed by atoms with Crippen LogP contribution in [-0.4, -0.2) is 23.2 Å². The number of hydrogen-bond donors (Lipinski definition) is 1. The van der Waals surface area contributed by atoms with Crippen molar-refractivity contribution in [2.75, 3.05) is 11.9 Å². The van der Waals surface area contributed by atoms with Gasteiger partial charge in [-0.2, -0.15) is 0 Å². The van der Waals surface area contributed by atoms with E-state index in [0.717, 1.165) is 17.3 Å². The Hall–Kier alpha value is -1.09. The number of anilines is 1. The third-order valence-electron chi connectivity index (χ3n) is 4.13. The molecule has 3 nitrogen and oxygen atoms in total. The van der Waals surface area contributed by atoms with Crippen LogP contribution in [0.5, 0.6) is 0 Å². The van der Waals surface area contributed by atoms with Gasteiger partial charge in [0.05, 0.1) is 6.10 Å². The van der Waals surface area contributed by atoms with E-state index in [0.29, 0.717) is 6.04 Å². The molecular formula is C15H24N2O. The van der Waals surface area contributed by atoms with Gasteiger partial charge in [0.15, 0.2) is 0 Å². The first-order chi connectivity index (χ1) is 8.59. The average Bonchev–Trinajstić information content (AvgIpc) is 2.39. The van der Waals surface area contributed by atoms with Crippen molar-refractivity contribution < 1.29 is 5.11 Å². The first kappa shape index (κ1) is 13.3. The second kappa shape index (κ2) is 5.70. The molecule has 3 heteroatoms. The topological polar surface area (TPSA) is 36.4 Å². The van der Waals surface area contributed by atoms with Crippen molar-refractivity contribution in [3.8, 4) is 0 Å². The summed E-state index contributed by atoms with van der Waals surface area (Å²) < 4.78 is 0. The Bertz CT molecular complexity index is 384. The minimum absolute atomic E-state index is 0.460. The second-order valence-electron chi connectivity index (χ2n) is 5.62. The van der Waals surface area contributed by atoms with Gasteiger partial charge < -0.3 is 10.0 Å². The van der Waals surface area contributed by atoms with Gasteiger partial charge in [-0.05, 0) is 44.6 Å².